The zero-order valence-corrected chi connectivity index (χ0v) is 11.2. The minimum atomic E-state index is 0.0170. The highest BCUT2D eigenvalue weighted by Crippen LogP contribution is 2.25. The van der Waals surface area contributed by atoms with Crippen LogP contribution in [0.15, 0.2) is 24.5 Å². The number of nitrogens with zero attached hydrogens (tertiary/aromatic N) is 2. The number of nitrogens with one attached hydrogen (secondary N) is 2. The zero-order chi connectivity index (χ0) is 13.7. The van der Waals surface area contributed by atoms with Gasteiger partial charge in [-0.2, -0.15) is 5.10 Å². The molecule has 0 amide bonds. The van der Waals surface area contributed by atoms with E-state index in [2.05, 4.69) is 27.4 Å². The lowest BCUT2D eigenvalue weighted by Crippen LogP contribution is -2.09. The molecule has 0 spiro atoms. The molecule has 1 heterocycles. The topological polar surface area (TPSA) is 88.8 Å². The van der Waals surface area contributed by atoms with Crippen LogP contribution in [0, 0.1) is 0 Å². The molecule has 1 aromatic carbocycles. The monoisotopic (exact) mass is 261 g/mol. The minimum absolute atomic E-state index is 0.0170. The summed E-state index contributed by atoms with van der Waals surface area (Å²) in [6, 6.07) is 5.63. The standard InChI is InChI=1S/C13H19N5O/c1-3-4-19-12-6-10(14)5-11(7-12)17-9(2)13-15-8-16-18-13/h5-9,17H,3-4,14H2,1-2H3,(H,15,16,18). The summed E-state index contributed by atoms with van der Waals surface area (Å²) in [5.74, 6) is 1.55. The maximum Gasteiger partial charge on any atom is 0.146 e. The number of hydrogen-bond donors (Lipinski definition) is 3. The number of H-pyrrole nitrogens is 1. The Morgan fingerprint density at radius 3 is 2.95 bits per heavy atom. The van der Waals surface area contributed by atoms with Gasteiger partial charge in [0, 0.05) is 23.5 Å². The third kappa shape index (κ3) is 3.61. The van der Waals surface area contributed by atoms with Crippen molar-refractivity contribution in [3.8, 4) is 5.75 Å². The first-order valence-corrected chi connectivity index (χ1v) is 6.34. The summed E-state index contributed by atoms with van der Waals surface area (Å²) in [6.45, 7) is 4.74. The molecule has 2 rings (SSSR count). The van der Waals surface area contributed by atoms with Gasteiger partial charge in [0.25, 0.3) is 0 Å². The lowest BCUT2D eigenvalue weighted by molar-refractivity contribution is 0.318. The van der Waals surface area contributed by atoms with Crippen molar-refractivity contribution in [2.24, 2.45) is 0 Å². The largest absolute Gasteiger partial charge is 0.493 e. The van der Waals surface area contributed by atoms with Crippen molar-refractivity contribution in [2.45, 2.75) is 26.3 Å². The van der Waals surface area contributed by atoms with Crippen molar-refractivity contribution in [3.05, 3.63) is 30.4 Å². The average Bonchev–Trinajstić information content (AvgIpc) is 2.89. The fraction of sp³-hybridized carbons (Fsp3) is 0.385. The van der Waals surface area contributed by atoms with E-state index in [4.69, 9.17) is 10.5 Å². The Morgan fingerprint density at radius 1 is 1.42 bits per heavy atom. The van der Waals surface area contributed by atoms with Gasteiger partial charge in [0.2, 0.25) is 0 Å². The zero-order valence-electron chi connectivity index (χ0n) is 11.2. The van der Waals surface area contributed by atoms with Gasteiger partial charge in [-0.15, -0.1) is 0 Å². The Bertz CT molecular complexity index is 512. The molecular weight excluding hydrogens is 242 g/mol. The Morgan fingerprint density at radius 2 is 2.26 bits per heavy atom. The van der Waals surface area contributed by atoms with Gasteiger partial charge in [0.1, 0.15) is 17.9 Å². The number of hydrogen-bond acceptors (Lipinski definition) is 5. The second kappa shape index (κ2) is 6.08. The summed E-state index contributed by atoms with van der Waals surface area (Å²) >= 11 is 0. The van der Waals surface area contributed by atoms with Crippen molar-refractivity contribution in [2.75, 3.05) is 17.7 Å². The van der Waals surface area contributed by atoms with E-state index in [0.717, 1.165) is 23.7 Å². The van der Waals surface area contributed by atoms with Crippen LogP contribution in [-0.2, 0) is 0 Å². The highest BCUT2D eigenvalue weighted by atomic mass is 16.5. The number of rotatable bonds is 6. The van der Waals surface area contributed by atoms with Crippen molar-refractivity contribution >= 4 is 11.4 Å². The number of benzene rings is 1. The van der Waals surface area contributed by atoms with Crippen LogP contribution in [0.5, 0.6) is 5.75 Å². The Kier molecular flexibility index (Phi) is 4.22. The first kappa shape index (κ1) is 13.2. The SMILES string of the molecule is CCCOc1cc(N)cc(NC(C)c2ncn[nH]2)c1. The maximum atomic E-state index is 5.87. The van der Waals surface area contributed by atoms with Crippen molar-refractivity contribution in [1.82, 2.24) is 15.2 Å². The molecule has 0 saturated heterocycles. The number of aromatic amines is 1. The molecule has 0 radical (unpaired) electrons. The molecule has 6 nitrogen and oxygen atoms in total. The summed E-state index contributed by atoms with van der Waals surface area (Å²) in [5.41, 5.74) is 7.44. The van der Waals surface area contributed by atoms with Crippen molar-refractivity contribution < 1.29 is 4.74 Å². The van der Waals surface area contributed by atoms with Gasteiger partial charge in [0.15, 0.2) is 0 Å². The van der Waals surface area contributed by atoms with Crippen molar-refractivity contribution in [1.29, 1.82) is 0 Å². The molecule has 6 heteroatoms. The lowest BCUT2D eigenvalue weighted by Gasteiger charge is -2.14. The quantitative estimate of drug-likeness (QED) is 0.694. The molecule has 0 aliphatic heterocycles. The first-order chi connectivity index (χ1) is 9.19. The number of aromatic nitrogens is 3. The summed E-state index contributed by atoms with van der Waals surface area (Å²) in [5, 5.41) is 9.98. The average molecular weight is 261 g/mol. The number of nitrogen functional groups attached to an aromatic ring is 1. The predicted octanol–water partition coefficient (Wildman–Crippen LogP) is 2.35. The fourth-order valence-corrected chi connectivity index (χ4v) is 1.75. The Labute approximate surface area is 112 Å². The van der Waals surface area contributed by atoms with Crippen LogP contribution in [0.4, 0.5) is 11.4 Å². The van der Waals surface area contributed by atoms with E-state index in [9.17, 15) is 0 Å². The lowest BCUT2D eigenvalue weighted by atomic mass is 10.2. The van der Waals surface area contributed by atoms with Gasteiger partial charge in [-0.3, -0.25) is 5.10 Å². The fourth-order valence-electron chi connectivity index (χ4n) is 1.75. The summed E-state index contributed by atoms with van der Waals surface area (Å²) in [6.07, 6.45) is 2.45. The second-order valence-electron chi connectivity index (χ2n) is 4.38. The molecule has 0 bridgehead atoms. The molecule has 1 unspecified atom stereocenters. The number of ether oxygens (including phenoxy) is 1. The molecule has 0 aliphatic rings. The normalized spacial score (nSPS) is 12.1. The van der Waals surface area contributed by atoms with E-state index in [0.29, 0.717) is 12.3 Å². The van der Waals surface area contributed by atoms with Crippen LogP contribution in [0.2, 0.25) is 0 Å². The molecule has 0 saturated carbocycles. The van der Waals surface area contributed by atoms with Gasteiger partial charge in [-0.1, -0.05) is 6.92 Å². The highest BCUT2D eigenvalue weighted by molar-refractivity contribution is 5.59. The van der Waals surface area contributed by atoms with E-state index in [1.54, 1.807) is 0 Å². The van der Waals surface area contributed by atoms with Gasteiger partial charge in [-0.05, 0) is 19.4 Å². The maximum absolute atomic E-state index is 5.87. The molecule has 0 aliphatic carbocycles. The Balaban J connectivity index is 2.09. The molecule has 102 valence electrons. The first-order valence-electron chi connectivity index (χ1n) is 6.34. The van der Waals surface area contributed by atoms with E-state index in [1.165, 1.54) is 6.33 Å². The van der Waals surface area contributed by atoms with Gasteiger partial charge >= 0.3 is 0 Å². The van der Waals surface area contributed by atoms with Crippen molar-refractivity contribution in [3.63, 3.8) is 0 Å². The van der Waals surface area contributed by atoms with Gasteiger partial charge in [0.05, 0.1) is 12.6 Å². The van der Waals surface area contributed by atoms with E-state index in [-0.39, 0.29) is 6.04 Å². The van der Waals surface area contributed by atoms with E-state index >= 15 is 0 Å². The van der Waals surface area contributed by atoms with Crippen LogP contribution in [0.3, 0.4) is 0 Å². The summed E-state index contributed by atoms with van der Waals surface area (Å²) in [7, 11) is 0. The highest BCUT2D eigenvalue weighted by Gasteiger charge is 2.09. The van der Waals surface area contributed by atoms with E-state index < -0.39 is 0 Å². The molecule has 1 aromatic heterocycles. The minimum Gasteiger partial charge on any atom is -0.493 e. The summed E-state index contributed by atoms with van der Waals surface area (Å²) < 4.78 is 5.59. The summed E-state index contributed by atoms with van der Waals surface area (Å²) in [4.78, 5) is 4.12. The number of nitrogens with two attached hydrogens (primary N) is 1. The van der Waals surface area contributed by atoms with Crippen LogP contribution in [-0.4, -0.2) is 21.8 Å². The predicted molar refractivity (Wildman–Crippen MR) is 75.1 cm³/mol. The molecular formula is C13H19N5O. The van der Waals surface area contributed by atoms with Crippen LogP contribution < -0.4 is 15.8 Å². The van der Waals surface area contributed by atoms with Gasteiger partial charge < -0.3 is 15.8 Å². The third-order valence-corrected chi connectivity index (χ3v) is 2.63. The van der Waals surface area contributed by atoms with Crippen LogP contribution in [0.25, 0.3) is 0 Å². The van der Waals surface area contributed by atoms with Crippen LogP contribution in [0.1, 0.15) is 32.1 Å². The molecule has 2 aromatic rings. The second-order valence-corrected chi connectivity index (χ2v) is 4.38. The number of anilines is 2. The Hall–Kier alpha value is -2.24. The molecule has 4 N–H and O–H groups in total. The third-order valence-electron chi connectivity index (χ3n) is 2.63. The van der Waals surface area contributed by atoms with Gasteiger partial charge in [-0.25, -0.2) is 4.98 Å². The molecule has 0 fully saturated rings. The van der Waals surface area contributed by atoms with E-state index in [1.807, 2.05) is 25.1 Å². The smallest absolute Gasteiger partial charge is 0.146 e. The molecule has 1 atom stereocenters. The van der Waals surface area contributed by atoms with Crippen LogP contribution >= 0.6 is 0 Å². The molecule has 19 heavy (non-hydrogen) atoms.